The first-order chi connectivity index (χ1) is 15.2. The number of carbonyl (C=O) groups excluding carboxylic acids is 1. The van der Waals surface area contributed by atoms with E-state index in [0.29, 0.717) is 37.2 Å². The van der Waals surface area contributed by atoms with Crippen LogP contribution in [-0.4, -0.2) is 56.6 Å². The molecule has 0 spiro atoms. The normalized spacial score (nSPS) is 15.5. The van der Waals surface area contributed by atoms with Gasteiger partial charge in [-0.1, -0.05) is 12.1 Å². The molecule has 2 aromatic rings. The van der Waals surface area contributed by atoms with Crippen molar-refractivity contribution in [1.82, 2.24) is 19.9 Å². The van der Waals surface area contributed by atoms with Gasteiger partial charge < -0.3 is 15.5 Å². The zero-order valence-electron chi connectivity index (χ0n) is 18.4. The van der Waals surface area contributed by atoms with E-state index in [9.17, 15) is 17.6 Å². The van der Waals surface area contributed by atoms with Gasteiger partial charge in [-0.3, -0.25) is 4.98 Å². The maximum atomic E-state index is 12.8. The summed E-state index contributed by atoms with van der Waals surface area (Å²) < 4.78 is 40.7. The first-order valence-corrected chi connectivity index (χ1v) is 12.1. The summed E-state index contributed by atoms with van der Waals surface area (Å²) in [7, 11) is -3.68. The summed E-state index contributed by atoms with van der Waals surface area (Å²) in [5.41, 5.74) is 2.73. The number of rotatable bonds is 8. The van der Waals surface area contributed by atoms with Gasteiger partial charge in [0.2, 0.25) is 10.0 Å². The Morgan fingerprint density at radius 2 is 1.84 bits per heavy atom. The minimum atomic E-state index is -3.68. The third-order valence-corrected chi connectivity index (χ3v) is 6.84. The summed E-state index contributed by atoms with van der Waals surface area (Å²) >= 11 is 0. The van der Waals surface area contributed by atoms with Crippen molar-refractivity contribution in [2.75, 3.05) is 31.5 Å². The molecule has 1 saturated heterocycles. The Morgan fingerprint density at radius 1 is 1.16 bits per heavy atom. The maximum Gasteiger partial charge on any atom is 0.319 e. The second kappa shape index (κ2) is 10.8. The summed E-state index contributed by atoms with van der Waals surface area (Å²) in [6, 6.07) is 9.13. The fourth-order valence-electron chi connectivity index (χ4n) is 3.77. The number of hydrogen-bond donors (Lipinski definition) is 3. The number of halogens is 1. The number of benzene rings is 1. The van der Waals surface area contributed by atoms with E-state index in [4.69, 9.17) is 0 Å². The van der Waals surface area contributed by atoms with Crippen LogP contribution in [0.3, 0.4) is 0 Å². The van der Waals surface area contributed by atoms with Crippen molar-refractivity contribution < 1.29 is 17.6 Å². The Hall–Kier alpha value is -2.56. The molecule has 2 heterocycles. The van der Waals surface area contributed by atoms with Crippen LogP contribution in [0.15, 0.2) is 41.3 Å². The molecule has 10 heteroatoms. The van der Waals surface area contributed by atoms with Crippen LogP contribution in [0.4, 0.5) is 14.9 Å². The van der Waals surface area contributed by atoms with Gasteiger partial charge in [-0.2, -0.15) is 0 Å². The lowest BCUT2D eigenvalue weighted by Gasteiger charge is -2.32. The molecule has 1 aliphatic rings. The highest BCUT2D eigenvalue weighted by molar-refractivity contribution is 7.89. The van der Waals surface area contributed by atoms with Crippen molar-refractivity contribution in [3.05, 3.63) is 53.3 Å². The van der Waals surface area contributed by atoms with Crippen molar-refractivity contribution >= 4 is 21.7 Å². The largest absolute Gasteiger partial charge is 0.337 e. The van der Waals surface area contributed by atoms with E-state index in [1.807, 2.05) is 26.0 Å². The van der Waals surface area contributed by atoms with Gasteiger partial charge in [0.1, 0.15) is 6.67 Å². The standard InChI is InChI=1S/C22H30FN5O3S/c1-16-12-20(13-17(2)25-16)26-22(29)24-8-11-28-9-6-19(7-10-28)27-32(30,31)21-5-3-4-18(14-21)15-23/h3-5,12-14,19,27H,6-11,15H2,1-2H3,(H2,24,25,26,29). The van der Waals surface area contributed by atoms with E-state index in [1.165, 1.54) is 12.1 Å². The number of carbonyl (C=O) groups is 1. The molecule has 0 aliphatic carbocycles. The number of likely N-dealkylation sites (tertiary alicyclic amines) is 1. The molecule has 1 aromatic heterocycles. The molecular formula is C22H30FN5O3S. The number of hydrogen-bond acceptors (Lipinski definition) is 5. The van der Waals surface area contributed by atoms with Crippen molar-refractivity contribution in [3.8, 4) is 0 Å². The summed E-state index contributed by atoms with van der Waals surface area (Å²) in [5.74, 6) is 0. The highest BCUT2D eigenvalue weighted by Gasteiger charge is 2.24. The molecule has 3 N–H and O–H groups in total. The smallest absolute Gasteiger partial charge is 0.319 e. The molecule has 0 radical (unpaired) electrons. The van der Waals surface area contributed by atoms with Crippen molar-refractivity contribution in [2.24, 2.45) is 0 Å². The predicted molar refractivity (Wildman–Crippen MR) is 122 cm³/mol. The Labute approximate surface area is 188 Å². The molecule has 174 valence electrons. The van der Waals surface area contributed by atoms with Gasteiger partial charge in [-0.25, -0.2) is 22.3 Å². The van der Waals surface area contributed by atoms with Crippen molar-refractivity contribution in [1.29, 1.82) is 0 Å². The van der Waals surface area contributed by atoms with E-state index in [0.717, 1.165) is 24.5 Å². The topological polar surface area (TPSA) is 103 Å². The van der Waals surface area contributed by atoms with Crippen LogP contribution >= 0.6 is 0 Å². The summed E-state index contributed by atoms with van der Waals surface area (Å²) in [6.45, 7) is 5.67. The quantitative estimate of drug-likeness (QED) is 0.559. The first kappa shape index (κ1) is 24.1. The van der Waals surface area contributed by atoms with Crippen LogP contribution in [-0.2, 0) is 16.7 Å². The number of sulfonamides is 1. The average Bonchev–Trinajstić information content (AvgIpc) is 2.74. The van der Waals surface area contributed by atoms with Crippen LogP contribution in [0.2, 0.25) is 0 Å². The number of urea groups is 1. The lowest BCUT2D eigenvalue weighted by molar-refractivity contribution is 0.206. The van der Waals surface area contributed by atoms with Gasteiger partial charge in [-0.05, 0) is 69.6 Å². The van der Waals surface area contributed by atoms with E-state index >= 15 is 0 Å². The number of anilines is 1. The van der Waals surface area contributed by atoms with Gasteiger partial charge in [0, 0.05) is 36.2 Å². The van der Waals surface area contributed by atoms with Crippen LogP contribution in [0, 0.1) is 13.8 Å². The SMILES string of the molecule is Cc1cc(NC(=O)NCCN2CCC(NS(=O)(=O)c3cccc(CF)c3)CC2)cc(C)n1. The molecule has 8 nitrogen and oxygen atoms in total. The van der Waals surface area contributed by atoms with E-state index in [1.54, 1.807) is 12.1 Å². The Balaban J connectivity index is 1.39. The Kier molecular flexibility index (Phi) is 8.16. The second-order valence-corrected chi connectivity index (χ2v) is 9.75. The summed E-state index contributed by atoms with van der Waals surface area (Å²) in [6.07, 6.45) is 1.34. The van der Waals surface area contributed by atoms with Crippen molar-refractivity contribution in [2.45, 2.75) is 44.3 Å². The van der Waals surface area contributed by atoms with Crippen LogP contribution < -0.4 is 15.4 Å². The number of amides is 2. The zero-order valence-corrected chi connectivity index (χ0v) is 19.2. The first-order valence-electron chi connectivity index (χ1n) is 10.6. The Bertz CT molecular complexity index is 1020. The van der Waals surface area contributed by atoms with Crippen molar-refractivity contribution in [3.63, 3.8) is 0 Å². The molecule has 1 aromatic carbocycles. The fraction of sp³-hybridized carbons (Fsp3) is 0.455. The third kappa shape index (κ3) is 6.98. The van der Waals surface area contributed by atoms with Crippen LogP contribution in [0.1, 0.15) is 29.8 Å². The Morgan fingerprint density at radius 3 is 2.50 bits per heavy atom. The van der Waals surface area contributed by atoms with E-state index < -0.39 is 16.7 Å². The van der Waals surface area contributed by atoms with Gasteiger partial charge in [0.05, 0.1) is 4.90 Å². The average molecular weight is 464 g/mol. The fourth-order valence-corrected chi connectivity index (χ4v) is 5.14. The van der Waals surface area contributed by atoms with E-state index in [-0.39, 0.29) is 17.0 Å². The van der Waals surface area contributed by atoms with Crippen LogP contribution in [0.5, 0.6) is 0 Å². The molecular weight excluding hydrogens is 433 g/mol. The molecule has 0 atom stereocenters. The summed E-state index contributed by atoms with van der Waals surface area (Å²) in [5, 5.41) is 5.65. The molecule has 2 amide bonds. The van der Waals surface area contributed by atoms with Gasteiger partial charge in [-0.15, -0.1) is 0 Å². The number of nitrogens with one attached hydrogen (secondary N) is 3. The minimum Gasteiger partial charge on any atom is -0.337 e. The second-order valence-electron chi connectivity index (χ2n) is 8.04. The molecule has 0 unspecified atom stereocenters. The zero-order chi connectivity index (χ0) is 23.1. The number of alkyl halides is 1. The lowest BCUT2D eigenvalue weighted by Crippen LogP contribution is -2.46. The minimum absolute atomic E-state index is 0.0878. The molecule has 3 rings (SSSR count). The number of aromatic nitrogens is 1. The third-order valence-electron chi connectivity index (χ3n) is 5.33. The highest BCUT2D eigenvalue weighted by atomic mass is 32.2. The van der Waals surface area contributed by atoms with Crippen LogP contribution in [0.25, 0.3) is 0 Å². The molecule has 1 fully saturated rings. The number of aryl methyl sites for hydroxylation is 2. The van der Waals surface area contributed by atoms with E-state index in [2.05, 4.69) is 25.2 Å². The predicted octanol–water partition coefficient (Wildman–Crippen LogP) is 2.73. The molecule has 32 heavy (non-hydrogen) atoms. The van der Waals surface area contributed by atoms with Gasteiger partial charge in [0.15, 0.2) is 0 Å². The molecule has 1 aliphatic heterocycles. The highest BCUT2D eigenvalue weighted by Crippen LogP contribution is 2.16. The number of piperidine rings is 1. The molecule has 0 saturated carbocycles. The lowest BCUT2D eigenvalue weighted by atomic mass is 10.1. The van der Waals surface area contributed by atoms with Gasteiger partial charge in [0.25, 0.3) is 0 Å². The molecule has 0 bridgehead atoms. The van der Waals surface area contributed by atoms with Gasteiger partial charge >= 0.3 is 6.03 Å². The monoisotopic (exact) mass is 463 g/mol. The number of nitrogens with zero attached hydrogens (tertiary/aromatic N) is 2. The summed E-state index contributed by atoms with van der Waals surface area (Å²) in [4.78, 5) is 18.7. The maximum absolute atomic E-state index is 12.8. The number of pyridine rings is 1.